The maximum Gasteiger partial charge on any atom is 0.494 e. The number of benzene rings is 4. The van der Waals surface area contributed by atoms with Crippen molar-refractivity contribution < 1.29 is 28.4 Å². The molecule has 4 aromatic heterocycles. The van der Waals surface area contributed by atoms with Gasteiger partial charge in [0.1, 0.15) is 16.3 Å². The minimum atomic E-state index is -0.546. The average Bonchev–Trinajstić information content (AvgIpc) is 3.77. The predicted octanol–water partition coefficient (Wildman–Crippen LogP) is 12.2. The molecule has 1 saturated heterocycles. The summed E-state index contributed by atoms with van der Waals surface area (Å²) in [5.74, 6) is 1.62. The zero-order valence-corrected chi connectivity index (χ0v) is 54.6. The maximum atomic E-state index is 12.4. The topological polar surface area (TPSA) is 193 Å². The van der Waals surface area contributed by atoms with Crippen molar-refractivity contribution in [2.45, 2.75) is 91.3 Å². The van der Waals surface area contributed by atoms with Crippen molar-refractivity contribution in [1.29, 1.82) is 0 Å². The van der Waals surface area contributed by atoms with Crippen LogP contribution in [0.2, 0.25) is 5.15 Å². The molecule has 4 aliphatic rings. The number of carbonyl (C=O) groups excluding carboxylic acids is 2. The molecule has 0 spiro atoms. The molecular weight excluding hydrogens is 1240 g/mol. The molecule has 0 unspecified atom stereocenters. The summed E-state index contributed by atoms with van der Waals surface area (Å²) in [6.07, 6.45) is 11.0. The van der Waals surface area contributed by atoms with Crippen molar-refractivity contribution in [1.82, 2.24) is 29.2 Å². The third-order valence-electron chi connectivity index (χ3n) is 15.5. The van der Waals surface area contributed by atoms with Crippen LogP contribution in [0.5, 0.6) is 0 Å². The van der Waals surface area contributed by atoms with Crippen molar-refractivity contribution in [3.63, 3.8) is 0 Å². The van der Waals surface area contributed by atoms with Gasteiger partial charge in [0.2, 0.25) is 0 Å². The highest BCUT2D eigenvalue weighted by Gasteiger charge is 2.51. The number of fused-ring (bicyclic) bond motifs is 2. The second-order valence-corrected chi connectivity index (χ2v) is 25.2. The van der Waals surface area contributed by atoms with Crippen molar-refractivity contribution in [3.05, 3.63) is 168 Å². The van der Waals surface area contributed by atoms with Crippen LogP contribution in [0.15, 0.2) is 140 Å². The van der Waals surface area contributed by atoms with Gasteiger partial charge < -0.3 is 38.8 Å². The van der Waals surface area contributed by atoms with Crippen LogP contribution in [-0.2, 0) is 18.8 Å². The van der Waals surface area contributed by atoms with Gasteiger partial charge in [-0.25, -0.2) is 28.6 Å². The summed E-state index contributed by atoms with van der Waals surface area (Å²) in [7, 11) is 8.07. The Labute approximate surface area is 525 Å². The van der Waals surface area contributed by atoms with Gasteiger partial charge in [0, 0.05) is 110 Å². The average molecular weight is 1320 g/mol. The summed E-state index contributed by atoms with van der Waals surface area (Å²) >= 11 is 12.4. The Bertz CT molecular complexity index is 3640. The highest BCUT2D eigenvalue weighted by Crippen LogP contribution is 2.37. The number of nitrogens with one attached hydrogen (secondary N) is 3. The maximum absolute atomic E-state index is 12.4. The molecule has 5 heterocycles. The second-order valence-electron chi connectivity index (χ2n) is 23.0. The third-order valence-corrected chi connectivity index (χ3v) is 16.8. The molecule has 0 atom stereocenters. The zero-order valence-electron chi connectivity index (χ0n) is 50.7. The highest BCUT2D eigenvalue weighted by molar-refractivity contribution is 9.10. The lowest BCUT2D eigenvalue weighted by Crippen LogP contribution is -2.41. The lowest BCUT2D eigenvalue weighted by molar-refractivity contribution is 0.00578. The Morgan fingerprint density at radius 2 is 1.01 bits per heavy atom. The summed E-state index contributed by atoms with van der Waals surface area (Å²) in [4.78, 5) is 62.8. The Morgan fingerprint density at radius 1 is 0.628 bits per heavy atom. The van der Waals surface area contributed by atoms with E-state index in [0.29, 0.717) is 5.69 Å². The van der Waals surface area contributed by atoms with E-state index in [2.05, 4.69) is 169 Å². The van der Waals surface area contributed by atoms with Gasteiger partial charge in [0.25, 0.3) is 11.1 Å². The van der Waals surface area contributed by atoms with Gasteiger partial charge in [-0.1, -0.05) is 67.7 Å². The number of halogens is 3. The van der Waals surface area contributed by atoms with Crippen LogP contribution in [0.1, 0.15) is 101 Å². The fourth-order valence-electron chi connectivity index (χ4n) is 9.24. The number of esters is 2. The normalized spacial score (nSPS) is 15.3. The Hall–Kier alpha value is -6.91. The lowest BCUT2D eigenvalue weighted by Gasteiger charge is -2.32. The van der Waals surface area contributed by atoms with Crippen LogP contribution in [0, 0.1) is 17.8 Å². The number of ether oxygens (including phenoxy) is 2. The molecule has 1 aliphatic heterocycles. The molecule has 8 aromatic rings. The largest absolute Gasteiger partial charge is 0.494 e. The number of aromatic amines is 2. The van der Waals surface area contributed by atoms with Crippen molar-refractivity contribution in [2.24, 2.45) is 17.8 Å². The van der Waals surface area contributed by atoms with E-state index in [1.165, 1.54) is 79.4 Å². The second kappa shape index (κ2) is 29.2. The summed E-state index contributed by atoms with van der Waals surface area (Å²) in [6, 6.07) is 35.7. The number of rotatable bonds is 16. The summed E-state index contributed by atoms with van der Waals surface area (Å²) in [6.45, 7) is 15.7. The number of hydrogen-bond acceptors (Lipinski definition) is 14. The molecule has 4 fully saturated rings. The molecule has 86 heavy (non-hydrogen) atoms. The first kappa shape index (κ1) is 65.1. The van der Waals surface area contributed by atoms with Crippen LogP contribution >= 0.6 is 43.5 Å². The quantitative estimate of drug-likeness (QED) is 0.0470. The molecule has 12 rings (SSSR count). The summed E-state index contributed by atoms with van der Waals surface area (Å²) in [5.41, 5.74) is 6.95. The van der Waals surface area contributed by atoms with Crippen molar-refractivity contribution in [2.75, 3.05) is 81.1 Å². The van der Waals surface area contributed by atoms with Crippen LogP contribution in [0.3, 0.4) is 0 Å². The van der Waals surface area contributed by atoms with Crippen LogP contribution in [0.4, 0.5) is 22.7 Å². The van der Waals surface area contributed by atoms with E-state index >= 15 is 0 Å². The molecule has 3 aliphatic carbocycles. The molecule has 3 N–H and O–H groups in total. The first-order valence-electron chi connectivity index (χ1n) is 29.2. The number of H-pyrrole nitrogens is 2. The Balaban J connectivity index is 0.000000146. The van der Waals surface area contributed by atoms with E-state index in [1.54, 1.807) is 13.8 Å². The van der Waals surface area contributed by atoms with Gasteiger partial charge in [0.05, 0.1) is 30.1 Å². The van der Waals surface area contributed by atoms with Gasteiger partial charge in [-0.05, 0) is 176 Å². The Kier molecular flexibility index (Phi) is 22.1. The SMILES string of the molecule is CCOC(=O)c1c[nH]n2c(=O)cc(-c3ccc(N(C)CC4CC4)cc3)nc12.CCOC(=O)c1c[nH]n2c(=O)cc(Cl)nc12.CN(CC1CC1)c1ccc(B2OC(C)(C)C(C)(C)O2)cc1.CN(CC1CC1)c1ccc(Br)cc1.CNc1ccc(Br)cc1. The molecule has 0 amide bonds. The molecule has 18 nitrogen and oxygen atoms in total. The van der Waals surface area contributed by atoms with Gasteiger partial charge in [-0.15, -0.1) is 0 Å². The van der Waals surface area contributed by atoms with E-state index in [1.807, 2.05) is 55.6 Å². The van der Waals surface area contributed by atoms with Crippen molar-refractivity contribution in [3.8, 4) is 11.3 Å². The summed E-state index contributed by atoms with van der Waals surface area (Å²) in [5, 5.41) is 8.43. The predicted molar refractivity (Wildman–Crippen MR) is 352 cm³/mol. The Morgan fingerprint density at radius 3 is 1.42 bits per heavy atom. The van der Waals surface area contributed by atoms with Gasteiger partial charge >= 0.3 is 19.1 Å². The first-order chi connectivity index (χ1) is 41.1. The first-order valence-corrected chi connectivity index (χ1v) is 31.1. The van der Waals surface area contributed by atoms with Crippen LogP contribution < -0.4 is 36.6 Å². The fourth-order valence-corrected chi connectivity index (χ4v) is 9.95. The number of nitrogens with zero attached hydrogens (tertiary/aromatic N) is 7. The molecule has 22 heteroatoms. The molecule has 456 valence electrons. The fraction of sp³-hybridized carbons (Fsp3) is 0.406. The smallest absolute Gasteiger partial charge is 0.462 e. The van der Waals surface area contributed by atoms with Gasteiger partial charge in [-0.3, -0.25) is 19.8 Å². The zero-order chi connectivity index (χ0) is 61.9. The van der Waals surface area contributed by atoms with Crippen LogP contribution in [0.25, 0.3) is 22.6 Å². The van der Waals surface area contributed by atoms with E-state index in [0.717, 1.165) is 72.8 Å². The van der Waals surface area contributed by atoms with Gasteiger partial charge in [0.15, 0.2) is 11.3 Å². The minimum Gasteiger partial charge on any atom is -0.462 e. The van der Waals surface area contributed by atoms with E-state index < -0.39 is 11.9 Å². The summed E-state index contributed by atoms with van der Waals surface area (Å²) < 4.78 is 26.7. The minimum absolute atomic E-state index is 0.0372. The molecule has 0 bridgehead atoms. The monoisotopic (exact) mass is 1320 g/mol. The molecule has 3 saturated carbocycles. The number of carbonyl (C=O) groups is 2. The standard InChI is InChI=1S/C20H22N4O3.C17H26BNO2.C11H14BrN.C9H8ClN3O3.C7H8BrN/c1-3-27-20(26)16-11-21-24-18(25)10-17(22-19(16)24)14-6-8-15(9-7-14)23(2)12-13-4-5-13;1-16(2)17(3,4)21-18(20-16)14-8-10-15(11-9-14)19(5)12-13-6-7-13;1-13(8-9-2-3-9)11-6-4-10(12)5-7-11;1-2-16-9(15)5-4-11-13-7(14)3-6(10)12-8(5)13;1-9-7-4-2-6(8)3-5-7/h6-11,13,21H,3-5,12H2,1-2H3;8-11,13H,6-7,12H2,1-5H3;4-7,9H,2-3,8H2,1H3;3-4,11H,2H2,1H3;2-5,9H,1H3. The van der Waals surface area contributed by atoms with Gasteiger partial charge in [-0.2, -0.15) is 0 Å². The van der Waals surface area contributed by atoms with E-state index in [-0.39, 0.29) is 70.2 Å². The van der Waals surface area contributed by atoms with E-state index in [9.17, 15) is 19.2 Å². The molecule has 4 aromatic carbocycles. The van der Waals surface area contributed by atoms with Crippen molar-refractivity contribution >= 4 is 102 Å². The third kappa shape index (κ3) is 17.6. The number of hydrogen-bond donors (Lipinski definition) is 3. The number of aromatic nitrogens is 6. The highest BCUT2D eigenvalue weighted by atomic mass is 79.9. The van der Waals surface area contributed by atoms with Crippen LogP contribution in [-0.4, -0.2) is 120 Å². The van der Waals surface area contributed by atoms with E-state index in [4.69, 9.17) is 30.4 Å². The molecular formula is C64H78BBr2ClN10O8. The molecule has 0 radical (unpaired) electrons. The number of anilines is 4. The lowest BCUT2D eigenvalue weighted by atomic mass is 9.79.